The smallest absolute Gasteiger partial charge is 0.250 e. The van der Waals surface area contributed by atoms with E-state index in [0.29, 0.717) is 23.0 Å². The Morgan fingerprint density at radius 2 is 2.05 bits per heavy atom. The van der Waals surface area contributed by atoms with Gasteiger partial charge in [-0.25, -0.2) is 0 Å². The molecule has 0 radical (unpaired) electrons. The van der Waals surface area contributed by atoms with Crippen LogP contribution in [0.25, 0.3) is 0 Å². The highest BCUT2D eigenvalue weighted by atomic mass is 35.5. The number of halogens is 1. The molecule has 2 unspecified atom stereocenters. The quantitative estimate of drug-likeness (QED) is 0.933. The summed E-state index contributed by atoms with van der Waals surface area (Å²) >= 11 is 6.18. The Hall–Kier alpha value is -1.55. The van der Waals surface area contributed by atoms with Crippen molar-refractivity contribution in [1.29, 1.82) is 0 Å². The average Bonchev–Trinajstić information content (AvgIpc) is 3.28. The monoisotopic (exact) mass is 306 g/mol. The summed E-state index contributed by atoms with van der Waals surface area (Å²) in [4.78, 5) is 26.7. The van der Waals surface area contributed by atoms with E-state index in [9.17, 15) is 9.59 Å². The van der Waals surface area contributed by atoms with Gasteiger partial charge in [-0.15, -0.1) is 0 Å². The number of piperazine rings is 1. The molecular weight excluding hydrogens is 288 g/mol. The van der Waals surface area contributed by atoms with Crippen LogP contribution in [0.15, 0.2) is 18.2 Å². The molecule has 1 heterocycles. The second-order valence-electron chi connectivity index (χ2n) is 5.89. The fourth-order valence-electron chi connectivity index (χ4n) is 2.89. The van der Waals surface area contributed by atoms with Crippen LogP contribution in [-0.2, 0) is 9.59 Å². The van der Waals surface area contributed by atoms with E-state index >= 15 is 0 Å². The number of anilines is 1. The number of nitrogens with zero attached hydrogens (tertiary/aromatic N) is 1. The van der Waals surface area contributed by atoms with Gasteiger partial charge in [0, 0.05) is 10.7 Å². The molecule has 1 N–H and O–H groups in total. The molecule has 2 aliphatic rings. The van der Waals surface area contributed by atoms with E-state index in [1.54, 1.807) is 11.0 Å². The topological polar surface area (TPSA) is 49.4 Å². The SMILES string of the molecule is CCC1C(=O)NC(C2CC2)C(=O)N1c1ccc(C)c(Cl)c1. The van der Waals surface area contributed by atoms with Gasteiger partial charge in [-0.1, -0.05) is 24.6 Å². The minimum Gasteiger partial charge on any atom is -0.342 e. The first-order valence-electron chi connectivity index (χ1n) is 7.42. The van der Waals surface area contributed by atoms with E-state index < -0.39 is 6.04 Å². The minimum absolute atomic E-state index is 0.0103. The van der Waals surface area contributed by atoms with Gasteiger partial charge in [-0.3, -0.25) is 14.5 Å². The van der Waals surface area contributed by atoms with Crippen molar-refractivity contribution in [2.75, 3.05) is 4.90 Å². The van der Waals surface area contributed by atoms with Gasteiger partial charge >= 0.3 is 0 Å². The van der Waals surface area contributed by atoms with E-state index in [0.717, 1.165) is 18.4 Å². The van der Waals surface area contributed by atoms with Crippen molar-refractivity contribution < 1.29 is 9.59 Å². The number of nitrogens with one attached hydrogen (secondary N) is 1. The Labute approximate surface area is 129 Å². The summed E-state index contributed by atoms with van der Waals surface area (Å²) in [6.07, 6.45) is 2.60. The molecule has 0 spiro atoms. The van der Waals surface area contributed by atoms with E-state index in [4.69, 9.17) is 11.6 Å². The number of aryl methyl sites for hydroxylation is 1. The number of hydrogen-bond acceptors (Lipinski definition) is 2. The molecule has 112 valence electrons. The highest BCUT2D eigenvalue weighted by Crippen LogP contribution is 2.37. The summed E-state index contributed by atoms with van der Waals surface area (Å²) in [7, 11) is 0. The first-order valence-corrected chi connectivity index (χ1v) is 7.80. The minimum atomic E-state index is -0.453. The zero-order chi connectivity index (χ0) is 15.1. The summed E-state index contributed by atoms with van der Waals surface area (Å²) in [6, 6.07) is 4.70. The Morgan fingerprint density at radius 3 is 2.62 bits per heavy atom. The molecule has 2 atom stereocenters. The Balaban J connectivity index is 1.99. The van der Waals surface area contributed by atoms with Crippen molar-refractivity contribution in [2.45, 2.75) is 45.2 Å². The molecule has 1 saturated heterocycles. The van der Waals surface area contributed by atoms with Crippen LogP contribution in [0.5, 0.6) is 0 Å². The first-order chi connectivity index (χ1) is 10.0. The largest absolute Gasteiger partial charge is 0.342 e. The predicted octanol–water partition coefficient (Wildman–Crippen LogP) is 2.67. The zero-order valence-corrected chi connectivity index (χ0v) is 13.0. The van der Waals surface area contributed by atoms with E-state index in [-0.39, 0.29) is 17.9 Å². The molecule has 2 amide bonds. The summed E-state index contributed by atoms with van der Waals surface area (Å²) in [5, 5.41) is 3.51. The number of rotatable bonds is 3. The van der Waals surface area contributed by atoms with Crippen molar-refractivity contribution in [2.24, 2.45) is 5.92 Å². The molecule has 0 aromatic heterocycles. The molecule has 0 bridgehead atoms. The van der Waals surface area contributed by atoms with Crippen molar-refractivity contribution in [3.8, 4) is 0 Å². The number of carbonyl (C=O) groups excluding carboxylic acids is 2. The van der Waals surface area contributed by atoms with Crippen molar-refractivity contribution in [3.05, 3.63) is 28.8 Å². The maximum absolute atomic E-state index is 12.8. The maximum Gasteiger partial charge on any atom is 0.250 e. The van der Waals surface area contributed by atoms with Gasteiger partial charge in [-0.05, 0) is 49.8 Å². The van der Waals surface area contributed by atoms with Gasteiger partial charge < -0.3 is 5.32 Å². The van der Waals surface area contributed by atoms with Crippen LogP contribution in [0, 0.1) is 12.8 Å². The Kier molecular flexibility index (Phi) is 3.66. The molecule has 21 heavy (non-hydrogen) atoms. The molecule has 4 nitrogen and oxygen atoms in total. The summed E-state index contributed by atoms with van der Waals surface area (Å²) < 4.78 is 0. The molecule has 1 aliphatic heterocycles. The first kappa shape index (κ1) is 14.4. The number of hydrogen-bond donors (Lipinski definition) is 1. The van der Waals surface area contributed by atoms with Crippen molar-refractivity contribution in [3.63, 3.8) is 0 Å². The molecule has 1 aliphatic carbocycles. The fourth-order valence-corrected chi connectivity index (χ4v) is 3.06. The molecule has 1 aromatic rings. The molecular formula is C16H19ClN2O2. The van der Waals surface area contributed by atoms with Crippen LogP contribution in [0.4, 0.5) is 5.69 Å². The highest BCUT2D eigenvalue weighted by Gasteiger charge is 2.46. The fraction of sp³-hybridized carbons (Fsp3) is 0.500. The second kappa shape index (κ2) is 5.34. The van der Waals surface area contributed by atoms with E-state index in [1.807, 2.05) is 26.0 Å². The number of amides is 2. The van der Waals surface area contributed by atoms with Gasteiger partial charge in [0.2, 0.25) is 5.91 Å². The normalized spacial score (nSPS) is 26.0. The summed E-state index contributed by atoms with van der Waals surface area (Å²) in [6.45, 7) is 3.83. The van der Waals surface area contributed by atoms with Crippen LogP contribution in [0.1, 0.15) is 31.7 Å². The van der Waals surface area contributed by atoms with Crippen LogP contribution >= 0.6 is 11.6 Å². The van der Waals surface area contributed by atoms with Crippen LogP contribution in [0.2, 0.25) is 5.02 Å². The molecule has 1 aromatic carbocycles. The van der Waals surface area contributed by atoms with Crippen LogP contribution < -0.4 is 10.2 Å². The lowest BCUT2D eigenvalue weighted by atomic mass is 10.0. The molecule has 2 fully saturated rings. The lowest BCUT2D eigenvalue weighted by molar-refractivity contribution is -0.134. The van der Waals surface area contributed by atoms with Gasteiger partial charge in [0.25, 0.3) is 5.91 Å². The summed E-state index contributed by atoms with van der Waals surface area (Å²) in [5.74, 6) is 0.220. The average molecular weight is 307 g/mol. The van der Waals surface area contributed by atoms with Crippen LogP contribution in [0.3, 0.4) is 0 Å². The molecule has 5 heteroatoms. The Morgan fingerprint density at radius 1 is 1.33 bits per heavy atom. The third-order valence-corrected chi connectivity index (χ3v) is 4.74. The number of benzene rings is 1. The van der Waals surface area contributed by atoms with Gasteiger partial charge in [0.1, 0.15) is 12.1 Å². The lowest BCUT2D eigenvalue weighted by Gasteiger charge is -2.39. The zero-order valence-electron chi connectivity index (χ0n) is 12.2. The molecule has 1 saturated carbocycles. The van der Waals surface area contributed by atoms with E-state index in [1.165, 1.54) is 0 Å². The van der Waals surface area contributed by atoms with Gasteiger partial charge in [0.05, 0.1) is 0 Å². The second-order valence-corrected chi connectivity index (χ2v) is 6.30. The van der Waals surface area contributed by atoms with Crippen LogP contribution in [-0.4, -0.2) is 23.9 Å². The summed E-state index contributed by atoms with van der Waals surface area (Å²) in [5.41, 5.74) is 1.67. The van der Waals surface area contributed by atoms with Gasteiger partial charge in [-0.2, -0.15) is 0 Å². The third kappa shape index (κ3) is 2.53. The van der Waals surface area contributed by atoms with Crippen molar-refractivity contribution in [1.82, 2.24) is 5.32 Å². The highest BCUT2D eigenvalue weighted by molar-refractivity contribution is 6.31. The van der Waals surface area contributed by atoms with Gasteiger partial charge in [0.15, 0.2) is 0 Å². The van der Waals surface area contributed by atoms with Crippen molar-refractivity contribution >= 4 is 29.1 Å². The standard InChI is InChI=1S/C16H19ClN2O2/c1-3-13-15(20)18-14(10-5-6-10)16(21)19(13)11-7-4-9(2)12(17)8-11/h4,7-8,10,13-14H,3,5-6H2,1-2H3,(H,18,20). The van der Waals surface area contributed by atoms with E-state index in [2.05, 4.69) is 5.32 Å². The Bertz CT molecular complexity index is 598. The third-order valence-electron chi connectivity index (χ3n) is 4.33. The predicted molar refractivity (Wildman–Crippen MR) is 82.4 cm³/mol. The molecule has 3 rings (SSSR count). The maximum atomic E-state index is 12.8. The number of carbonyl (C=O) groups is 2. The lowest BCUT2D eigenvalue weighted by Crippen LogP contribution is -2.64.